The van der Waals surface area contributed by atoms with Gasteiger partial charge < -0.3 is 5.73 Å². The summed E-state index contributed by atoms with van der Waals surface area (Å²) >= 11 is 3.50. The second-order valence-corrected chi connectivity index (χ2v) is 4.70. The quantitative estimate of drug-likeness (QED) is 0.918. The van der Waals surface area contributed by atoms with Crippen molar-refractivity contribution in [3.63, 3.8) is 0 Å². The molecule has 1 aromatic carbocycles. The molecule has 0 atom stereocenters. The molecule has 0 saturated heterocycles. The van der Waals surface area contributed by atoms with E-state index in [-0.39, 0.29) is 0 Å². The van der Waals surface area contributed by atoms with Gasteiger partial charge in [0.25, 0.3) is 0 Å². The van der Waals surface area contributed by atoms with Crippen molar-refractivity contribution in [2.45, 2.75) is 26.7 Å². The van der Waals surface area contributed by atoms with Gasteiger partial charge >= 0.3 is 0 Å². The van der Waals surface area contributed by atoms with Crippen LogP contribution in [0.25, 0.3) is 10.9 Å². The highest BCUT2D eigenvalue weighted by Crippen LogP contribution is 2.27. The average molecular weight is 280 g/mol. The number of rotatable bonds is 2. The van der Waals surface area contributed by atoms with E-state index in [9.17, 15) is 0 Å². The van der Waals surface area contributed by atoms with Crippen LogP contribution in [0.15, 0.2) is 16.6 Å². The van der Waals surface area contributed by atoms with Crippen LogP contribution in [0.2, 0.25) is 0 Å². The molecule has 0 aliphatic heterocycles. The molecule has 0 amide bonds. The van der Waals surface area contributed by atoms with Gasteiger partial charge in [-0.1, -0.05) is 22.9 Å². The first-order chi connectivity index (χ1) is 7.63. The molecule has 16 heavy (non-hydrogen) atoms. The number of anilines is 1. The lowest BCUT2D eigenvalue weighted by atomic mass is 10.1. The lowest BCUT2D eigenvalue weighted by molar-refractivity contribution is 0.846. The molecule has 0 bridgehead atoms. The third-order valence-electron chi connectivity index (χ3n) is 2.60. The summed E-state index contributed by atoms with van der Waals surface area (Å²) in [6, 6.07) is 3.94. The Hall–Kier alpha value is -1.16. The Bertz CT molecular complexity index is 537. The van der Waals surface area contributed by atoms with Crippen LogP contribution in [0.4, 0.5) is 5.82 Å². The maximum Gasteiger partial charge on any atom is 0.135 e. The molecule has 0 aliphatic carbocycles. The highest BCUT2D eigenvalue weighted by atomic mass is 79.9. The smallest absolute Gasteiger partial charge is 0.135 e. The van der Waals surface area contributed by atoms with Gasteiger partial charge in [0.05, 0.1) is 5.52 Å². The lowest BCUT2D eigenvalue weighted by Crippen LogP contribution is -2.02. The van der Waals surface area contributed by atoms with Crippen molar-refractivity contribution in [3.8, 4) is 0 Å². The molecule has 0 saturated carbocycles. The first-order valence-corrected chi connectivity index (χ1v) is 6.14. The molecule has 0 aliphatic rings. The van der Waals surface area contributed by atoms with E-state index >= 15 is 0 Å². The topological polar surface area (TPSA) is 51.8 Å². The minimum absolute atomic E-state index is 0.573. The third kappa shape index (κ3) is 1.89. The average Bonchev–Trinajstić information content (AvgIpc) is 2.25. The molecule has 0 fully saturated rings. The zero-order valence-electron chi connectivity index (χ0n) is 9.42. The Kier molecular flexibility index (Phi) is 3.10. The first kappa shape index (κ1) is 11.3. The molecule has 3 nitrogen and oxygen atoms in total. The van der Waals surface area contributed by atoms with E-state index in [4.69, 9.17) is 5.73 Å². The van der Waals surface area contributed by atoms with E-state index in [1.54, 1.807) is 0 Å². The number of nitrogens with zero attached hydrogens (tertiary/aromatic N) is 2. The number of aryl methyl sites for hydroxylation is 2. The largest absolute Gasteiger partial charge is 0.383 e. The molecule has 0 spiro atoms. The molecular weight excluding hydrogens is 266 g/mol. The predicted molar refractivity (Wildman–Crippen MR) is 70.4 cm³/mol. The minimum Gasteiger partial charge on any atom is -0.383 e. The number of nitrogen functional groups attached to an aromatic ring is 1. The summed E-state index contributed by atoms with van der Waals surface area (Å²) in [7, 11) is 0. The molecule has 4 heteroatoms. The minimum atomic E-state index is 0.573. The highest BCUT2D eigenvalue weighted by Gasteiger charge is 2.08. The zero-order valence-corrected chi connectivity index (χ0v) is 11.0. The van der Waals surface area contributed by atoms with Gasteiger partial charge in [-0.2, -0.15) is 0 Å². The fourth-order valence-corrected chi connectivity index (χ4v) is 2.03. The Labute approximate surface area is 103 Å². The number of hydrogen-bond donors (Lipinski definition) is 1. The monoisotopic (exact) mass is 279 g/mol. The Balaban J connectivity index is 2.73. The van der Waals surface area contributed by atoms with Gasteiger partial charge in [0.2, 0.25) is 0 Å². The van der Waals surface area contributed by atoms with Crippen molar-refractivity contribution in [2.75, 3.05) is 5.73 Å². The van der Waals surface area contributed by atoms with Crippen molar-refractivity contribution >= 4 is 32.7 Å². The van der Waals surface area contributed by atoms with Crippen LogP contribution in [0.5, 0.6) is 0 Å². The SMILES string of the molecule is CCCc1nc(N)c2ccc(Br)c(C)c2n1. The molecular formula is C12H14BrN3. The Morgan fingerprint density at radius 2 is 2.06 bits per heavy atom. The van der Waals surface area contributed by atoms with Crippen molar-refractivity contribution < 1.29 is 0 Å². The van der Waals surface area contributed by atoms with Gasteiger partial charge in [-0.05, 0) is 31.0 Å². The van der Waals surface area contributed by atoms with Crippen LogP contribution in [0, 0.1) is 6.92 Å². The molecule has 2 rings (SSSR count). The number of aromatic nitrogens is 2. The van der Waals surface area contributed by atoms with Crippen LogP contribution < -0.4 is 5.73 Å². The summed E-state index contributed by atoms with van der Waals surface area (Å²) in [6.45, 7) is 4.14. The van der Waals surface area contributed by atoms with Crippen molar-refractivity contribution in [1.82, 2.24) is 9.97 Å². The maximum absolute atomic E-state index is 5.94. The van der Waals surface area contributed by atoms with E-state index < -0.39 is 0 Å². The standard InChI is InChI=1S/C12H14BrN3/c1-3-4-10-15-11-7(2)9(13)6-5-8(11)12(14)16-10/h5-6H,3-4H2,1-2H3,(H2,14,15,16). The second-order valence-electron chi connectivity index (χ2n) is 3.84. The van der Waals surface area contributed by atoms with Crippen molar-refractivity contribution in [1.29, 1.82) is 0 Å². The zero-order chi connectivity index (χ0) is 11.7. The summed E-state index contributed by atoms with van der Waals surface area (Å²) < 4.78 is 1.06. The van der Waals surface area contributed by atoms with Crippen LogP contribution in [-0.4, -0.2) is 9.97 Å². The fraction of sp³-hybridized carbons (Fsp3) is 0.333. The number of nitrogens with two attached hydrogens (primary N) is 1. The maximum atomic E-state index is 5.94. The normalized spacial score (nSPS) is 10.9. The van der Waals surface area contributed by atoms with Gasteiger partial charge in [-0.15, -0.1) is 0 Å². The first-order valence-electron chi connectivity index (χ1n) is 5.34. The third-order valence-corrected chi connectivity index (χ3v) is 3.46. The molecule has 0 radical (unpaired) electrons. The molecule has 2 aromatic rings. The molecule has 0 unspecified atom stereocenters. The van der Waals surface area contributed by atoms with Gasteiger partial charge in [-0.25, -0.2) is 9.97 Å². The summed E-state index contributed by atoms with van der Waals surface area (Å²) in [6.07, 6.45) is 1.89. The van der Waals surface area contributed by atoms with E-state index in [2.05, 4.69) is 32.8 Å². The van der Waals surface area contributed by atoms with Gasteiger partial charge in [0, 0.05) is 16.3 Å². The van der Waals surface area contributed by atoms with Crippen LogP contribution in [-0.2, 0) is 6.42 Å². The van der Waals surface area contributed by atoms with E-state index in [1.807, 2.05) is 19.1 Å². The number of hydrogen-bond acceptors (Lipinski definition) is 3. The molecule has 2 N–H and O–H groups in total. The van der Waals surface area contributed by atoms with Gasteiger partial charge in [-0.3, -0.25) is 0 Å². The second kappa shape index (κ2) is 4.37. The van der Waals surface area contributed by atoms with E-state index in [1.165, 1.54) is 0 Å². The highest BCUT2D eigenvalue weighted by molar-refractivity contribution is 9.10. The molecule has 1 heterocycles. The summed E-state index contributed by atoms with van der Waals surface area (Å²) in [5, 5.41) is 0.931. The predicted octanol–water partition coefficient (Wildman–Crippen LogP) is 3.24. The van der Waals surface area contributed by atoms with Crippen molar-refractivity contribution in [2.24, 2.45) is 0 Å². The van der Waals surface area contributed by atoms with Gasteiger partial charge in [0.15, 0.2) is 0 Å². The van der Waals surface area contributed by atoms with Crippen LogP contribution in [0.1, 0.15) is 24.7 Å². The Morgan fingerprint density at radius 1 is 1.31 bits per heavy atom. The lowest BCUT2D eigenvalue weighted by Gasteiger charge is -2.08. The molecule has 84 valence electrons. The number of fused-ring (bicyclic) bond motifs is 1. The van der Waals surface area contributed by atoms with E-state index in [0.29, 0.717) is 5.82 Å². The fourth-order valence-electron chi connectivity index (χ4n) is 1.72. The number of benzene rings is 1. The van der Waals surface area contributed by atoms with Crippen LogP contribution >= 0.6 is 15.9 Å². The summed E-state index contributed by atoms with van der Waals surface area (Å²) in [5.74, 6) is 1.40. The van der Waals surface area contributed by atoms with E-state index in [0.717, 1.165) is 39.6 Å². The summed E-state index contributed by atoms with van der Waals surface area (Å²) in [4.78, 5) is 8.88. The Morgan fingerprint density at radius 3 is 2.75 bits per heavy atom. The van der Waals surface area contributed by atoms with Gasteiger partial charge in [0.1, 0.15) is 11.6 Å². The van der Waals surface area contributed by atoms with Crippen LogP contribution in [0.3, 0.4) is 0 Å². The molecule has 1 aromatic heterocycles. The number of halogens is 1. The van der Waals surface area contributed by atoms with Crippen molar-refractivity contribution in [3.05, 3.63) is 28.0 Å². The summed E-state index contributed by atoms with van der Waals surface area (Å²) in [5.41, 5.74) is 8.00.